The molecular weight excluding hydrogens is 188 g/mol. The lowest BCUT2D eigenvalue weighted by Crippen LogP contribution is -2.47. The molecule has 2 heterocycles. The summed E-state index contributed by atoms with van der Waals surface area (Å²) in [6.45, 7) is 8.84. The standard InChI is InChI=1S/C12H24N2O/c1-10-11(4-7-15-10)8-13-9-12(2)5-3-6-14-12/h10-11,13-14H,3-9H2,1-2H3. The molecule has 0 saturated carbocycles. The topological polar surface area (TPSA) is 33.3 Å². The molecule has 2 rings (SSSR count). The van der Waals surface area contributed by atoms with Gasteiger partial charge in [0.05, 0.1) is 6.10 Å². The van der Waals surface area contributed by atoms with Crippen LogP contribution in [0.1, 0.15) is 33.1 Å². The maximum Gasteiger partial charge on any atom is 0.0588 e. The van der Waals surface area contributed by atoms with E-state index >= 15 is 0 Å². The van der Waals surface area contributed by atoms with Crippen molar-refractivity contribution in [3.8, 4) is 0 Å². The molecule has 0 spiro atoms. The summed E-state index contributed by atoms with van der Waals surface area (Å²) in [7, 11) is 0. The van der Waals surface area contributed by atoms with Crippen molar-refractivity contribution in [1.29, 1.82) is 0 Å². The first kappa shape index (κ1) is 11.4. The zero-order valence-corrected chi connectivity index (χ0v) is 10.0. The second-order valence-corrected chi connectivity index (χ2v) is 5.35. The maximum atomic E-state index is 5.56. The second-order valence-electron chi connectivity index (χ2n) is 5.35. The first-order valence-corrected chi connectivity index (χ1v) is 6.27. The minimum absolute atomic E-state index is 0.336. The Morgan fingerprint density at radius 2 is 2.40 bits per heavy atom. The van der Waals surface area contributed by atoms with Crippen LogP contribution < -0.4 is 10.6 Å². The first-order valence-electron chi connectivity index (χ1n) is 6.27. The lowest BCUT2D eigenvalue weighted by Gasteiger charge is -2.26. The van der Waals surface area contributed by atoms with Crippen LogP contribution in [0.4, 0.5) is 0 Å². The predicted molar refractivity (Wildman–Crippen MR) is 62.0 cm³/mol. The van der Waals surface area contributed by atoms with Crippen LogP contribution in [0.25, 0.3) is 0 Å². The summed E-state index contributed by atoms with van der Waals surface area (Å²) in [5.74, 6) is 0.718. The lowest BCUT2D eigenvalue weighted by atomic mass is 9.99. The van der Waals surface area contributed by atoms with E-state index in [4.69, 9.17) is 4.74 Å². The lowest BCUT2D eigenvalue weighted by molar-refractivity contribution is 0.105. The van der Waals surface area contributed by atoms with Gasteiger partial charge in [0, 0.05) is 25.2 Å². The highest BCUT2D eigenvalue weighted by molar-refractivity contribution is 4.91. The van der Waals surface area contributed by atoms with Gasteiger partial charge in [-0.1, -0.05) is 0 Å². The average molecular weight is 212 g/mol. The molecular formula is C12H24N2O. The molecule has 3 heteroatoms. The van der Waals surface area contributed by atoms with Crippen LogP contribution in [-0.2, 0) is 4.74 Å². The Morgan fingerprint density at radius 1 is 1.53 bits per heavy atom. The number of rotatable bonds is 4. The Morgan fingerprint density at radius 3 is 3.00 bits per heavy atom. The fourth-order valence-electron chi connectivity index (χ4n) is 2.69. The minimum Gasteiger partial charge on any atom is -0.378 e. The van der Waals surface area contributed by atoms with Crippen LogP contribution >= 0.6 is 0 Å². The molecule has 0 radical (unpaired) electrons. The van der Waals surface area contributed by atoms with Crippen molar-refractivity contribution in [2.24, 2.45) is 5.92 Å². The Labute approximate surface area is 93.0 Å². The van der Waals surface area contributed by atoms with E-state index < -0.39 is 0 Å². The van der Waals surface area contributed by atoms with E-state index in [1.807, 2.05) is 0 Å². The van der Waals surface area contributed by atoms with E-state index in [-0.39, 0.29) is 0 Å². The molecule has 2 aliphatic heterocycles. The van der Waals surface area contributed by atoms with Gasteiger partial charge in [-0.25, -0.2) is 0 Å². The van der Waals surface area contributed by atoms with E-state index in [2.05, 4.69) is 24.5 Å². The average Bonchev–Trinajstić information content (AvgIpc) is 2.78. The summed E-state index contributed by atoms with van der Waals surface area (Å²) in [6.07, 6.45) is 4.29. The summed E-state index contributed by atoms with van der Waals surface area (Å²) in [4.78, 5) is 0. The highest BCUT2D eigenvalue weighted by atomic mass is 16.5. The fourth-order valence-corrected chi connectivity index (χ4v) is 2.69. The molecule has 2 saturated heterocycles. The number of ether oxygens (including phenoxy) is 1. The molecule has 3 nitrogen and oxygen atoms in total. The van der Waals surface area contributed by atoms with Gasteiger partial charge in [-0.15, -0.1) is 0 Å². The summed E-state index contributed by atoms with van der Waals surface area (Å²) in [5.41, 5.74) is 0.336. The van der Waals surface area contributed by atoms with Gasteiger partial charge in [0.25, 0.3) is 0 Å². The van der Waals surface area contributed by atoms with Crippen molar-refractivity contribution >= 4 is 0 Å². The van der Waals surface area contributed by atoms with Gasteiger partial charge in [-0.2, -0.15) is 0 Å². The van der Waals surface area contributed by atoms with E-state index in [0.29, 0.717) is 11.6 Å². The SMILES string of the molecule is CC1OCCC1CNCC1(C)CCCN1. The van der Waals surface area contributed by atoms with Crippen molar-refractivity contribution in [3.05, 3.63) is 0 Å². The fraction of sp³-hybridized carbons (Fsp3) is 1.00. The van der Waals surface area contributed by atoms with Crippen LogP contribution in [0.15, 0.2) is 0 Å². The summed E-state index contributed by atoms with van der Waals surface area (Å²) in [6, 6.07) is 0. The van der Waals surface area contributed by atoms with Crippen molar-refractivity contribution < 1.29 is 4.74 Å². The van der Waals surface area contributed by atoms with Crippen LogP contribution in [-0.4, -0.2) is 37.9 Å². The molecule has 2 aliphatic rings. The van der Waals surface area contributed by atoms with E-state index in [1.54, 1.807) is 0 Å². The van der Waals surface area contributed by atoms with E-state index in [0.717, 1.165) is 25.6 Å². The van der Waals surface area contributed by atoms with Crippen LogP contribution in [0.3, 0.4) is 0 Å². The highest BCUT2D eigenvalue weighted by Gasteiger charge is 2.29. The smallest absolute Gasteiger partial charge is 0.0588 e. The second kappa shape index (κ2) is 4.81. The Hall–Kier alpha value is -0.120. The predicted octanol–water partition coefficient (Wildman–Crippen LogP) is 1.14. The van der Waals surface area contributed by atoms with Gasteiger partial charge in [0.2, 0.25) is 0 Å². The van der Waals surface area contributed by atoms with Gasteiger partial charge in [-0.3, -0.25) is 0 Å². The van der Waals surface area contributed by atoms with Crippen molar-refractivity contribution in [3.63, 3.8) is 0 Å². The van der Waals surface area contributed by atoms with Crippen molar-refractivity contribution in [2.75, 3.05) is 26.2 Å². The summed E-state index contributed by atoms with van der Waals surface area (Å²) < 4.78 is 5.56. The first-order chi connectivity index (χ1) is 7.20. The van der Waals surface area contributed by atoms with Crippen molar-refractivity contribution in [2.45, 2.75) is 44.8 Å². The third-order valence-corrected chi connectivity index (χ3v) is 3.91. The molecule has 3 atom stereocenters. The van der Waals surface area contributed by atoms with Crippen LogP contribution in [0, 0.1) is 5.92 Å². The molecule has 0 bridgehead atoms. The van der Waals surface area contributed by atoms with Gasteiger partial charge in [0.15, 0.2) is 0 Å². The molecule has 0 aromatic rings. The molecule has 0 aromatic carbocycles. The zero-order valence-electron chi connectivity index (χ0n) is 10.0. The largest absolute Gasteiger partial charge is 0.378 e. The van der Waals surface area contributed by atoms with Gasteiger partial charge in [-0.05, 0) is 45.6 Å². The van der Waals surface area contributed by atoms with E-state index in [1.165, 1.54) is 25.8 Å². The minimum atomic E-state index is 0.336. The van der Waals surface area contributed by atoms with Gasteiger partial charge >= 0.3 is 0 Å². The molecule has 3 unspecified atom stereocenters. The molecule has 0 aromatic heterocycles. The molecule has 0 amide bonds. The molecule has 2 fully saturated rings. The monoisotopic (exact) mass is 212 g/mol. The Kier molecular flexibility index (Phi) is 3.65. The van der Waals surface area contributed by atoms with Gasteiger partial charge < -0.3 is 15.4 Å². The number of nitrogens with one attached hydrogen (secondary N) is 2. The highest BCUT2D eigenvalue weighted by Crippen LogP contribution is 2.20. The third kappa shape index (κ3) is 2.92. The Balaban J connectivity index is 1.65. The number of hydrogen-bond donors (Lipinski definition) is 2. The molecule has 88 valence electrons. The zero-order chi connectivity index (χ0) is 10.7. The molecule has 2 N–H and O–H groups in total. The normalized spacial score (nSPS) is 41.2. The van der Waals surface area contributed by atoms with Crippen LogP contribution in [0.2, 0.25) is 0 Å². The Bertz CT molecular complexity index is 202. The van der Waals surface area contributed by atoms with Crippen LogP contribution in [0.5, 0.6) is 0 Å². The van der Waals surface area contributed by atoms with Gasteiger partial charge in [0.1, 0.15) is 0 Å². The number of hydrogen-bond acceptors (Lipinski definition) is 3. The van der Waals surface area contributed by atoms with E-state index in [9.17, 15) is 0 Å². The molecule has 15 heavy (non-hydrogen) atoms. The third-order valence-electron chi connectivity index (χ3n) is 3.91. The van der Waals surface area contributed by atoms with Crippen molar-refractivity contribution in [1.82, 2.24) is 10.6 Å². The summed E-state index contributed by atoms with van der Waals surface area (Å²) in [5, 5.41) is 7.17. The quantitative estimate of drug-likeness (QED) is 0.733. The summed E-state index contributed by atoms with van der Waals surface area (Å²) >= 11 is 0. The molecule has 0 aliphatic carbocycles. The maximum absolute atomic E-state index is 5.56.